The van der Waals surface area contributed by atoms with Gasteiger partial charge in [0.15, 0.2) is 0 Å². The number of hydrogen-bond acceptors (Lipinski definition) is 1. The van der Waals surface area contributed by atoms with Crippen molar-refractivity contribution in [3.8, 4) is 0 Å². The predicted octanol–water partition coefficient (Wildman–Crippen LogP) is 3.69. The van der Waals surface area contributed by atoms with E-state index in [0.717, 1.165) is 24.9 Å². The first-order valence-corrected chi connectivity index (χ1v) is 7.26. The van der Waals surface area contributed by atoms with E-state index in [1.165, 1.54) is 43.2 Å². The highest BCUT2D eigenvalue weighted by Crippen LogP contribution is 2.30. The third-order valence-corrected chi connectivity index (χ3v) is 4.38. The second kappa shape index (κ2) is 5.13. The van der Waals surface area contributed by atoms with E-state index in [9.17, 15) is 4.79 Å². The van der Waals surface area contributed by atoms with Gasteiger partial charge in [0.2, 0.25) is 5.91 Å². The molecule has 0 saturated heterocycles. The van der Waals surface area contributed by atoms with Crippen molar-refractivity contribution < 1.29 is 4.79 Å². The van der Waals surface area contributed by atoms with E-state index in [4.69, 9.17) is 0 Å². The predicted molar refractivity (Wildman–Crippen MR) is 73.7 cm³/mol. The summed E-state index contributed by atoms with van der Waals surface area (Å²) >= 11 is 0. The zero-order valence-corrected chi connectivity index (χ0v) is 10.9. The summed E-state index contributed by atoms with van der Waals surface area (Å²) in [4.78, 5) is 12.2. The van der Waals surface area contributed by atoms with Crippen molar-refractivity contribution in [2.24, 2.45) is 5.92 Å². The van der Waals surface area contributed by atoms with Crippen molar-refractivity contribution in [2.75, 3.05) is 5.32 Å². The Labute approximate surface area is 109 Å². The van der Waals surface area contributed by atoms with Gasteiger partial charge in [-0.2, -0.15) is 0 Å². The van der Waals surface area contributed by atoms with E-state index in [1.807, 2.05) is 0 Å². The van der Waals surface area contributed by atoms with Crippen LogP contribution < -0.4 is 5.32 Å². The van der Waals surface area contributed by atoms with Crippen LogP contribution in [0.5, 0.6) is 0 Å². The molecule has 2 heteroatoms. The second-order valence-corrected chi connectivity index (χ2v) is 5.62. The number of carbonyl (C=O) groups is 1. The molecule has 1 amide bonds. The molecule has 2 nitrogen and oxygen atoms in total. The second-order valence-electron chi connectivity index (χ2n) is 5.62. The molecular formula is C16H21NO. The Balaban J connectivity index is 1.77. The maximum Gasteiger partial charge on any atom is 0.227 e. The Hall–Kier alpha value is -1.31. The monoisotopic (exact) mass is 243 g/mol. The fourth-order valence-corrected chi connectivity index (χ4v) is 3.32. The minimum Gasteiger partial charge on any atom is -0.326 e. The van der Waals surface area contributed by atoms with Gasteiger partial charge in [-0.25, -0.2) is 0 Å². The average Bonchev–Trinajstić information content (AvgIpc) is 2.93. The van der Waals surface area contributed by atoms with Gasteiger partial charge < -0.3 is 5.32 Å². The number of fused-ring (bicyclic) bond motifs is 1. The summed E-state index contributed by atoms with van der Waals surface area (Å²) in [6, 6.07) is 6.35. The molecule has 2 aliphatic carbocycles. The minimum atomic E-state index is 0.242. The zero-order chi connectivity index (χ0) is 12.4. The van der Waals surface area contributed by atoms with Crippen LogP contribution in [0.3, 0.4) is 0 Å². The summed E-state index contributed by atoms with van der Waals surface area (Å²) in [7, 11) is 0. The molecule has 1 aromatic carbocycles. The maximum atomic E-state index is 12.2. The Morgan fingerprint density at radius 3 is 2.67 bits per heavy atom. The van der Waals surface area contributed by atoms with Gasteiger partial charge in [-0.1, -0.05) is 25.0 Å². The standard InChI is InChI=1S/C16H21NO/c18-16(13-7-1-2-8-13)17-15-11-5-9-12-6-3-4-10-14(12)15/h5,9,11,13H,1-4,6-8,10H2,(H,17,18). The summed E-state index contributed by atoms with van der Waals surface area (Å²) in [5.41, 5.74) is 3.89. The lowest BCUT2D eigenvalue weighted by Gasteiger charge is -2.20. The third-order valence-electron chi connectivity index (χ3n) is 4.38. The van der Waals surface area contributed by atoms with E-state index >= 15 is 0 Å². The first-order chi connectivity index (χ1) is 8.84. The summed E-state index contributed by atoms with van der Waals surface area (Å²) in [6.07, 6.45) is 9.40. The molecule has 1 saturated carbocycles. The Morgan fingerprint density at radius 1 is 1.06 bits per heavy atom. The molecule has 0 aromatic heterocycles. The number of benzene rings is 1. The van der Waals surface area contributed by atoms with Crippen LogP contribution in [0.1, 0.15) is 49.7 Å². The molecule has 0 radical (unpaired) electrons. The van der Waals surface area contributed by atoms with E-state index in [0.29, 0.717) is 0 Å². The largest absolute Gasteiger partial charge is 0.326 e. The smallest absolute Gasteiger partial charge is 0.227 e. The highest BCUT2D eigenvalue weighted by molar-refractivity contribution is 5.93. The fourth-order valence-electron chi connectivity index (χ4n) is 3.32. The number of hydrogen-bond donors (Lipinski definition) is 1. The van der Waals surface area contributed by atoms with Gasteiger partial charge in [0.1, 0.15) is 0 Å². The van der Waals surface area contributed by atoms with Crippen LogP contribution in [0.15, 0.2) is 18.2 Å². The van der Waals surface area contributed by atoms with Crippen LogP contribution in [-0.4, -0.2) is 5.91 Å². The number of aryl methyl sites for hydroxylation is 1. The Bertz CT molecular complexity index is 446. The third kappa shape index (κ3) is 2.29. The minimum absolute atomic E-state index is 0.242. The maximum absolute atomic E-state index is 12.2. The number of amides is 1. The molecule has 1 aromatic rings. The molecule has 0 bridgehead atoms. The number of nitrogens with one attached hydrogen (secondary N) is 1. The summed E-state index contributed by atoms with van der Waals surface area (Å²) in [6.45, 7) is 0. The summed E-state index contributed by atoms with van der Waals surface area (Å²) < 4.78 is 0. The van der Waals surface area contributed by atoms with Gasteiger partial charge in [0.05, 0.1) is 0 Å². The van der Waals surface area contributed by atoms with Gasteiger partial charge in [-0.05, 0) is 55.7 Å². The molecule has 0 atom stereocenters. The number of carbonyl (C=O) groups excluding carboxylic acids is 1. The highest BCUT2D eigenvalue weighted by Gasteiger charge is 2.23. The molecule has 0 aliphatic heterocycles. The average molecular weight is 243 g/mol. The van der Waals surface area contributed by atoms with Crippen LogP contribution in [0.2, 0.25) is 0 Å². The molecule has 2 aliphatic rings. The zero-order valence-electron chi connectivity index (χ0n) is 10.9. The molecule has 96 valence electrons. The van der Waals surface area contributed by atoms with Gasteiger partial charge >= 0.3 is 0 Å². The van der Waals surface area contributed by atoms with E-state index in [-0.39, 0.29) is 11.8 Å². The van der Waals surface area contributed by atoms with Crippen LogP contribution in [0.25, 0.3) is 0 Å². The highest BCUT2D eigenvalue weighted by atomic mass is 16.1. The van der Waals surface area contributed by atoms with Crippen molar-refractivity contribution in [2.45, 2.75) is 51.4 Å². The Morgan fingerprint density at radius 2 is 1.83 bits per heavy atom. The SMILES string of the molecule is O=C(Nc1cccc2c1CCCC2)C1CCCC1. The van der Waals surface area contributed by atoms with E-state index < -0.39 is 0 Å². The lowest BCUT2D eigenvalue weighted by atomic mass is 9.90. The van der Waals surface area contributed by atoms with Crippen LogP contribution in [0.4, 0.5) is 5.69 Å². The van der Waals surface area contributed by atoms with Crippen molar-refractivity contribution in [1.82, 2.24) is 0 Å². The van der Waals surface area contributed by atoms with Crippen molar-refractivity contribution in [1.29, 1.82) is 0 Å². The van der Waals surface area contributed by atoms with Crippen molar-refractivity contribution in [3.05, 3.63) is 29.3 Å². The quantitative estimate of drug-likeness (QED) is 0.843. The lowest BCUT2D eigenvalue weighted by molar-refractivity contribution is -0.119. The van der Waals surface area contributed by atoms with Crippen molar-refractivity contribution >= 4 is 11.6 Å². The fraction of sp³-hybridized carbons (Fsp3) is 0.562. The molecule has 0 heterocycles. The van der Waals surface area contributed by atoms with Crippen LogP contribution >= 0.6 is 0 Å². The number of anilines is 1. The molecule has 18 heavy (non-hydrogen) atoms. The first kappa shape index (κ1) is 11.8. The molecule has 1 N–H and O–H groups in total. The molecule has 0 spiro atoms. The van der Waals surface area contributed by atoms with Gasteiger partial charge in [-0.3, -0.25) is 4.79 Å². The first-order valence-electron chi connectivity index (χ1n) is 7.26. The van der Waals surface area contributed by atoms with Crippen LogP contribution in [-0.2, 0) is 17.6 Å². The Kier molecular flexibility index (Phi) is 3.35. The van der Waals surface area contributed by atoms with Gasteiger partial charge in [0.25, 0.3) is 0 Å². The molecule has 1 fully saturated rings. The molecule has 3 rings (SSSR count). The van der Waals surface area contributed by atoms with Gasteiger partial charge in [0, 0.05) is 11.6 Å². The van der Waals surface area contributed by atoms with Gasteiger partial charge in [-0.15, -0.1) is 0 Å². The molecular weight excluding hydrogens is 222 g/mol. The topological polar surface area (TPSA) is 29.1 Å². The van der Waals surface area contributed by atoms with Crippen molar-refractivity contribution in [3.63, 3.8) is 0 Å². The molecule has 0 unspecified atom stereocenters. The normalized spacial score (nSPS) is 19.6. The summed E-state index contributed by atoms with van der Waals surface area (Å²) in [5.74, 6) is 0.496. The van der Waals surface area contributed by atoms with E-state index in [1.54, 1.807) is 0 Å². The van der Waals surface area contributed by atoms with Crippen LogP contribution in [0, 0.1) is 5.92 Å². The number of rotatable bonds is 2. The van der Waals surface area contributed by atoms with E-state index in [2.05, 4.69) is 23.5 Å². The lowest BCUT2D eigenvalue weighted by Crippen LogP contribution is -2.21. The summed E-state index contributed by atoms with van der Waals surface area (Å²) in [5, 5.41) is 3.17.